The molecule has 23 heavy (non-hydrogen) atoms. The zero-order valence-corrected chi connectivity index (χ0v) is 14.9. The highest BCUT2D eigenvalue weighted by molar-refractivity contribution is 5.81. The highest BCUT2D eigenvalue weighted by atomic mass is 16.6. The standard InChI is InChI=1S/C18H33NO4/c1-5-7-8-9-10-11-12-13-19-18(21)23-16(15(3)4)14-22-17(20)6-2/h6,15-16H,2,5,7-14H2,1,3-4H3,(H,19,21). The predicted molar refractivity (Wildman–Crippen MR) is 92.3 cm³/mol. The second-order valence-corrected chi connectivity index (χ2v) is 6.07. The second kappa shape index (κ2) is 14.1. The number of ether oxygens (including phenoxy) is 2. The van der Waals surface area contributed by atoms with Crippen LogP contribution in [0, 0.1) is 5.92 Å². The van der Waals surface area contributed by atoms with Gasteiger partial charge in [-0.1, -0.05) is 65.9 Å². The van der Waals surface area contributed by atoms with Gasteiger partial charge in [0.25, 0.3) is 0 Å². The molecule has 1 amide bonds. The van der Waals surface area contributed by atoms with Crippen molar-refractivity contribution in [3.63, 3.8) is 0 Å². The molecule has 1 atom stereocenters. The Bertz CT molecular complexity index is 342. The molecule has 134 valence electrons. The quantitative estimate of drug-likeness (QED) is 0.312. The molecule has 0 heterocycles. The summed E-state index contributed by atoms with van der Waals surface area (Å²) in [6, 6.07) is 0. The number of alkyl carbamates (subject to hydrolysis) is 1. The number of nitrogens with one attached hydrogen (secondary N) is 1. The van der Waals surface area contributed by atoms with Gasteiger partial charge in [0.05, 0.1) is 0 Å². The van der Waals surface area contributed by atoms with E-state index in [2.05, 4.69) is 18.8 Å². The number of hydrogen-bond acceptors (Lipinski definition) is 4. The monoisotopic (exact) mass is 327 g/mol. The summed E-state index contributed by atoms with van der Waals surface area (Å²) >= 11 is 0. The van der Waals surface area contributed by atoms with Crippen molar-refractivity contribution in [2.75, 3.05) is 13.2 Å². The van der Waals surface area contributed by atoms with Gasteiger partial charge in [0.1, 0.15) is 12.7 Å². The van der Waals surface area contributed by atoms with Crippen LogP contribution in [0.3, 0.4) is 0 Å². The number of unbranched alkanes of at least 4 members (excludes halogenated alkanes) is 6. The number of carbonyl (C=O) groups is 2. The van der Waals surface area contributed by atoms with Crippen molar-refractivity contribution in [1.82, 2.24) is 5.32 Å². The van der Waals surface area contributed by atoms with Crippen LogP contribution in [0.5, 0.6) is 0 Å². The summed E-state index contributed by atoms with van der Waals surface area (Å²) in [5, 5.41) is 2.75. The molecule has 0 aliphatic heterocycles. The highest BCUT2D eigenvalue weighted by Gasteiger charge is 2.19. The molecule has 0 rings (SSSR count). The summed E-state index contributed by atoms with van der Waals surface area (Å²) in [5.74, 6) is -0.445. The van der Waals surface area contributed by atoms with E-state index in [4.69, 9.17) is 9.47 Å². The lowest BCUT2D eigenvalue weighted by atomic mass is 10.1. The first kappa shape index (κ1) is 21.5. The molecule has 1 unspecified atom stereocenters. The third-order valence-electron chi connectivity index (χ3n) is 3.61. The number of hydrogen-bond donors (Lipinski definition) is 1. The van der Waals surface area contributed by atoms with Gasteiger partial charge < -0.3 is 14.8 Å². The minimum absolute atomic E-state index is 0.0490. The van der Waals surface area contributed by atoms with Crippen molar-refractivity contribution in [2.24, 2.45) is 5.92 Å². The summed E-state index contributed by atoms with van der Waals surface area (Å²) in [4.78, 5) is 22.8. The molecule has 0 saturated carbocycles. The SMILES string of the molecule is C=CC(=O)OCC(OC(=O)NCCCCCCCCC)C(C)C. The number of carbonyl (C=O) groups excluding carboxylic acids is 2. The average Bonchev–Trinajstić information content (AvgIpc) is 2.53. The number of amides is 1. The van der Waals surface area contributed by atoms with E-state index < -0.39 is 18.2 Å². The Balaban J connectivity index is 3.78. The molecule has 0 saturated heterocycles. The Morgan fingerprint density at radius 2 is 1.70 bits per heavy atom. The Morgan fingerprint density at radius 1 is 1.09 bits per heavy atom. The smallest absolute Gasteiger partial charge is 0.407 e. The molecule has 0 aliphatic rings. The topological polar surface area (TPSA) is 64.6 Å². The van der Waals surface area contributed by atoms with Crippen molar-refractivity contribution in [2.45, 2.75) is 71.8 Å². The summed E-state index contributed by atoms with van der Waals surface area (Å²) in [7, 11) is 0. The van der Waals surface area contributed by atoms with Crippen molar-refractivity contribution in [1.29, 1.82) is 0 Å². The number of esters is 1. The van der Waals surface area contributed by atoms with E-state index in [-0.39, 0.29) is 12.5 Å². The van der Waals surface area contributed by atoms with E-state index >= 15 is 0 Å². The van der Waals surface area contributed by atoms with Crippen LogP contribution >= 0.6 is 0 Å². The minimum atomic E-state index is -0.511. The van der Waals surface area contributed by atoms with E-state index in [1.54, 1.807) is 0 Å². The molecule has 0 radical (unpaired) electrons. The van der Waals surface area contributed by atoms with Gasteiger partial charge in [-0.05, 0) is 12.3 Å². The summed E-state index contributed by atoms with van der Waals surface area (Å²) in [6.07, 6.45) is 8.60. The summed E-state index contributed by atoms with van der Waals surface area (Å²) < 4.78 is 10.2. The van der Waals surface area contributed by atoms with Gasteiger partial charge >= 0.3 is 12.1 Å². The zero-order valence-electron chi connectivity index (χ0n) is 14.9. The highest BCUT2D eigenvalue weighted by Crippen LogP contribution is 2.09. The molecule has 0 spiro atoms. The third-order valence-corrected chi connectivity index (χ3v) is 3.61. The first-order valence-electron chi connectivity index (χ1n) is 8.74. The van der Waals surface area contributed by atoms with Crippen molar-refractivity contribution < 1.29 is 19.1 Å². The van der Waals surface area contributed by atoms with Crippen LogP contribution < -0.4 is 5.32 Å². The first-order valence-corrected chi connectivity index (χ1v) is 8.74. The maximum Gasteiger partial charge on any atom is 0.407 e. The number of rotatable bonds is 13. The Hall–Kier alpha value is -1.52. The van der Waals surface area contributed by atoms with Gasteiger partial charge in [-0.25, -0.2) is 9.59 Å². The molecule has 0 aromatic heterocycles. The molecule has 0 bridgehead atoms. The van der Waals surface area contributed by atoms with Gasteiger partial charge in [0.15, 0.2) is 0 Å². The van der Waals surface area contributed by atoms with Crippen LogP contribution in [0.15, 0.2) is 12.7 Å². The first-order chi connectivity index (χ1) is 11.0. The average molecular weight is 327 g/mol. The van der Waals surface area contributed by atoms with Crippen LogP contribution in [0.1, 0.15) is 65.7 Å². The summed E-state index contributed by atoms with van der Waals surface area (Å²) in [6.45, 7) is 10.0. The lowest BCUT2D eigenvalue weighted by molar-refractivity contribution is -0.141. The van der Waals surface area contributed by atoms with Crippen molar-refractivity contribution >= 4 is 12.1 Å². The normalized spacial score (nSPS) is 11.8. The van der Waals surface area contributed by atoms with Crippen molar-refractivity contribution in [3.05, 3.63) is 12.7 Å². The van der Waals surface area contributed by atoms with Crippen LogP contribution in [0.2, 0.25) is 0 Å². The zero-order chi connectivity index (χ0) is 17.5. The maximum atomic E-state index is 11.8. The van der Waals surface area contributed by atoms with Gasteiger partial charge in [-0.2, -0.15) is 0 Å². The molecule has 0 aromatic rings. The van der Waals surface area contributed by atoms with Crippen LogP contribution in [-0.4, -0.2) is 31.3 Å². The van der Waals surface area contributed by atoms with Crippen LogP contribution in [-0.2, 0) is 14.3 Å². The van der Waals surface area contributed by atoms with E-state index in [9.17, 15) is 9.59 Å². The lowest BCUT2D eigenvalue weighted by Crippen LogP contribution is -2.35. The van der Waals surface area contributed by atoms with E-state index in [1.165, 1.54) is 32.1 Å². The minimum Gasteiger partial charge on any atom is -0.459 e. The molecular formula is C18H33NO4. The lowest BCUT2D eigenvalue weighted by Gasteiger charge is -2.21. The van der Waals surface area contributed by atoms with Gasteiger partial charge in [0, 0.05) is 12.6 Å². The van der Waals surface area contributed by atoms with Crippen molar-refractivity contribution in [3.8, 4) is 0 Å². The van der Waals surface area contributed by atoms with Gasteiger partial charge in [-0.15, -0.1) is 0 Å². The molecule has 0 aromatic carbocycles. The van der Waals surface area contributed by atoms with E-state index in [0.29, 0.717) is 6.54 Å². The molecule has 1 N–H and O–H groups in total. The molecule has 0 aliphatic carbocycles. The Kier molecular flexibility index (Phi) is 13.2. The van der Waals surface area contributed by atoms with E-state index in [1.807, 2.05) is 13.8 Å². The van der Waals surface area contributed by atoms with Crippen LogP contribution in [0.4, 0.5) is 4.79 Å². The van der Waals surface area contributed by atoms with Gasteiger partial charge in [-0.3, -0.25) is 0 Å². The van der Waals surface area contributed by atoms with Crippen LogP contribution in [0.25, 0.3) is 0 Å². The summed E-state index contributed by atoms with van der Waals surface area (Å²) in [5.41, 5.74) is 0. The second-order valence-electron chi connectivity index (χ2n) is 6.07. The molecule has 0 fully saturated rings. The third kappa shape index (κ3) is 12.7. The largest absolute Gasteiger partial charge is 0.459 e. The molecule has 5 nitrogen and oxygen atoms in total. The predicted octanol–water partition coefficient (Wildman–Crippen LogP) is 4.22. The van der Waals surface area contributed by atoms with E-state index in [0.717, 1.165) is 18.9 Å². The van der Waals surface area contributed by atoms with Gasteiger partial charge in [0.2, 0.25) is 0 Å². The fourth-order valence-corrected chi connectivity index (χ4v) is 2.04. The Morgan fingerprint density at radius 3 is 2.26 bits per heavy atom. The maximum absolute atomic E-state index is 11.8. The fraction of sp³-hybridized carbons (Fsp3) is 0.778. The Labute approximate surface area is 140 Å². The molecule has 5 heteroatoms. The fourth-order valence-electron chi connectivity index (χ4n) is 2.04. The molecular weight excluding hydrogens is 294 g/mol.